The van der Waals surface area contributed by atoms with Crippen LogP contribution in [0.4, 0.5) is 0 Å². The highest BCUT2D eigenvalue weighted by atomic mass is 32.2. The zero-order chi connectivity index (χ0) is 31.7. The third-order valence-electron chi connectivity index (χ3n) is 8.11. The van der Waals surface area contributed by atoms with Crippen LogP contribution in [0.5, 0.6) is 17.2 Å². The molecule has 0 unspecified atom stereocenters. The normalized spacial score (nSPS) is 12.2. The molecular weight excluding hydrogens is 591 g/mol. The zero-order valence-electron chi connectivity index (χ0n) is 27.1. The average Bonchev–Trinajstić information content (AvgIpc) is 3.69. The molecule has 0 spiro atoms. The summed E-state index contributed by atoms with van der Waals surface area (Å²) in [5.74, 6) is 4.58. The largest absolute Gasteiger partial charge is 0.494 e. The maximum Gasteiger partial charge on any atom is 0.231 e. The van der Waals surface area contributed by atoms with E-state index >= 15 is 0 Å². The minimum absolute atomic E-state index is 0.268. The summed E-state index contributed by atoms with van der Waals surface area (Å²) in [6, 6.07) is 34.3. The Kier molecular flexibility index (Phi) is 10.6. The second-order valence-electron chi connectivity index (χ2n) is 11.5. The van der Waals surface area contributed by atoms with Crippen molar-refractivity contribution in [3.05, 3.63) is 114 Å². The molecule has 0 fully saturated rings. The van der Waals surface area contributed by atoms with E-state index < -0.39 is 0 Å². The minimum atomic E-state index is 0.268. The van der Waals surface area contributed by atoms with Crippen LogP contribution < -0.4 is 14.2 Å². The standard InChI is InChI=1S/C39H43N3O3S/c1-4-7-22-42-35(38(31-17-19-34(20-18-31)46-6-3)40-39(42)32-13-9-8-10-14-32)27-41(25-29-12-11-15-33(23-29)43-5-2)26-30-16-21-36-37(24-30)45-28-44-36/h8-21,23-24H,4-7,22,25-28H2,1-3H3. The van der Waals surface area contributed by atoms with E-state index in [1.165, 1.54) is 21.7 Å². The molecule has 5 aromatic rings. The molecule has 1 aliphatic rings. The summed E-state index contributed by atoms with van der Waals surface area (Å²) in [6.07, 6.45) is 2.18. The highest BCUT2D eigenvalue weighted by molar-refractivity contribution is 7.99. The first-order chi connectivity index (χ1) is 22.6. The molecule has 0 radical (unpaired) electrons. The fourth-order valence-electron chi connectivity index (χ4n) is 5.95. The number of hydrogen-bond acceptors (Lipinski definition) is 6. The number of benzene rings is 4. The van der Waals surface area contributed by atoms with Gasteiger partial charge in [0.05, 0.1) is 18.0 Å². The summed E-state index contributed by atoms with van der Waals surface area (Å²) in [6.45, 7) is 10.5. The van der Waals surface area contributed by atoms with Gasteiger partial charge in [-0.15, -0.1) is 11.8 Å². The van der Waals surface area contributed by atoms with Gasteiger partial charge in [-0.1, -0.05) is 80.9 Å². The first kappa shape index (κ1) is 31.8. The monoisotopic (exact) mass is 633 g/mol. The Morgan fingerprint density at radius 2 is 1.57 bits per heavy atom. The van der Waals surface area contributed by atoms with E-state index in [1.807, 2.05) is 30.8 Å². The van der Waals surface area contributed by atoms with Crippen LogP contribution in [0.1, 0.15) is 50.4 Å². The highest BCUT2D eigenvalue weighted by Gasteiger charge is 2.23. The average molecular weight is 634 g/mol. The van der Waals surface area contributed by atoms with E-state index in [-0.39, 0.29) is 6.79 Å². The molecule has 1 aliphatic heterocycles. The van der Waals surface area contributed by atoms with Crippen molar-refractivity contribution < 1.29 is 14.2 Å². The van der Waals surface area contributed by atoms with E-state index in [2.05, 4.69) is 108 Å². The van der Waals surface area contributed by atoms with Gasteiger partial charge in [0.1, 0.15) is 11.6 Å². The SMILES string of the molecule is CCCCn1c(-c2ccccc2)nc(-c2ccc(SCC)cc2)c1CN(Cc1cccc(OCC)c1)Cc1ccc2c(c1)OCO2. The number of imidazole rings is 1. The van der Waals surface area contributed by atoms with Gasteiger partial charge in [0.25, 0.3) is 0 Å². The lowest BCUT2D eigenvalue weighted by Gasteiger charge is -2.25. The Bertz CT molecular complexity index is 1720. The maximum atomic E-state index is 5.87. The van der Waals surface area contributed by atoms with E-state index in [0.29, 0.717) is 6.61 Å². The second kappa shape index (κ2) is 15.4. The number of fused-ring (bicyclic) bond motifs is 1. The summed E-state index contributed by atoms with van der Waals surface area (Å²) < 4.78 is 19.7. The van der Waals surface area contributed by atoms with Crippen molar-refractivity contribution in [2.45, 2.75) is 64.7 Å². The summed E-state index contributed by atoms with van der Waals surface area (Å²) in [4.78, 5) is 9.18. The van der Waals surface area contributed by atoms with Crippen molar-refractivity contribution in [3.63, 3.8) is 0 Å². The Hall–Kier alpha value is -4.20. The lowest BCUT2D eigenvalue weighted by molar-refractivity contribution is 0.174. The topological polar surface area (TPSA) is 48.8 Å². The molecule has 6 nitrogen and oxygen atoms in total. The molecule has 0 atom stereocenters. The van der Waals surface area contributed by atoms with E-state index in [9.17, 15) is 0 Å². The smallest absolute Gasteiger partial charge is 0.231 e. The van der Waals surface area contributed by atoms with Crippen LogP contribution in [0.15, 0.2) is 102 Å². The molecule has 0 bridgehead atoms. The molecule has 4 aromatic carbocycles. The van der Waals surface area contributed by atoms with Crippen molar-refractivity contribution in [1.29, 1.82) is 0 Å². The predicted octanol–water partition coefficient (Wildman–Crippen LogP) is 9.46. The number of unbranched alkanes of at least 4 members (excludes halogenated alkanes) is 1. The summed E-state index contributed by atoms with van der Waals surface area (Å²) in [7, 11) is 0. The molecule has 1 aromatic heterocycles. The van der Waals surface area contributed by atoms with E-state index in [0.717, 1.165) is 84.7 Å². The van der Waals surface area contributed by atoms with Gasteiger partial charge in [-0.05, 0) is 66.6 Å². The van der Waals surface area contributed by atoms with Crippen LogP contribution >= 0.6 is 11.8 Å². The first-order valence-corrected chi connectivity index (χ1v) is 17.3. The van der Waals surface area contributed by atoms with Crippen LogP contribution in [0.3, 0.4) is 0 Å². The number of ether oxygens (including phenoxy) is 3. The van der Waals surface area contributed by atoms with Crippen molar-refractivity contribution in [1.82, 2.24) is 14.5 Å². The van der Waals surface area contributed by atoms with Gasteiger partial charge in [0.15, 0.2) is 11.5 Å². The Morgan fingerprint density at radius 3 is 2.33 bits per heavy atom. The molecule has 238 valence electrons. The van der Waals surface area contributed by atoms with Gasteiger partial charge in [-0.2, -0.15) is 0 Å². The number of rotatable bonds is 15. The van der Waals surface area contributed by atoms with Crippen LogP contribution in [0.2, 0.25) is 0 Å². The quantitative estimate of drug-likeness (QED) is 0.107. The van der Waals surface area contributed by atoms with Gasteiger partial charge in [0.2, 0.25) is 6.79 Å². The van der Waals surface area contributed by atoms with E-state index in [1.54, 1.807) is 0 Å². The van der Waals surface area contributed by atoms with Gasteiger partial charge in [0, 0.05) is 42.2 Å². The molecule has 2 heterocycles. The van der Waals surface area contributed by atoms with Crippen molar-refractivity contribution in [3.8, 4) is 39.9 Å². The van der Waals surface area contributed by atoms with Gasteiger partial charge < -0.3 is 18.8 Å². The molecular formula is C39H43N3O3S. The lowest BCUT2D eigenvalue weighted by Crippen LogP contribution is -2.24. The zero-order valence-corrected chi connectivity index (χ0v) is 27.9. The van der Waals surface area contributed by atoms with Gasteiger partial charge >= 0.3 is 0 Å². The molecule has 0 amide bonds. The van der Waals surface area contributed by atoms with E-state index in [4.69, 9.17) is 19.2 Å². The van der Waals surface area contributed by atoms with Crippen molar-refractivity contribution in [2.24, 2.45) is 0 Å². The molecule has 6 rings (SSSR count). The molecule has 0 saturated heterocycles. The van der Waals surface area contributed by atoms with Crippen molar-refractivity contribution >= 4 is 11.8 Å². The van der Waals surface area contributed by atoms with Crippen LogP contribution in [-0.4, -0.2) is 33.6 Å². The lowest BCUT2D eigenvalue weighted by atomic mass is 10.1. The minimum Gasteiger partial charge on any atom is -0.494 e. The molecule has 46 heavy (non-hydrogen) atoms. The fraction of sp³-hybridized carbons (Fsp3) is 0.308. The third kappa shape index (κ3) is 7.60. The Morgan fingerprint density at radius 1 is 0.783 bits per heavy atom. The van der Waals surface area contributed by atoms with Crippen LogP contribution in [-0.2, 0) is 26.2 Å². The van der Waals surface area contributed by atoms with Gasteiger partial charge in [-0.3, -0.25) is 4.90 Å². The summed E-state index contributed by atoms with van der Waals surface area (Å²) >= 11 is 1.86. The molecule has 7 heteroatoms. The molecule has 0 N–H and O–H groups in total. The van der Waals surface area contributed by atoms with Crippen LogP contribution in [0, 0.1) is 0 Å². The number of hydrogen-bond donors (Lipinski definition) is 0. The molecule has 0 saturated carbocycles. The number of nitrogens with zero attached hydrogens (tertiary/aromatic N) is 3. The number of thioether (sulfide) groups is 1. The predicted molar refractivity (Wildman–Crippen MR) is 188 cm³/mol. The van der Waals surface area contributed by atoms with Crippen LogP contribution in [0.25, 0.3) is 22.6 Å². The Labute approximate surface area is 277 Å². The highest BCUT2D eigenvalue weighted by Crippen LogP contribution is 2.35. The molecule has 0 aliphatic carbocycles. The summed E-state index contributed by atoms with van der Waals surface area (Å²) in [5, 5.41) is 0. The Balaban J connectivity index is 1.44. The maximum absolute atomic E-state index is 5.87. The third-order valence-corrected chi connectivity index (χ3v) is 9.00. The fourth-order valence-corrected chi connectivity index (χ4v) is 6.62. The number of aromatic nitrogens is 2. The first-order valence-electron chi connectivity index (χ1n) is 16.4. The van der Waals surface area contributed by atoms with Gasteiger partial charge in [-0.25, -0.2) is 4.98 Å². The van der Waals surface area contributed by atoms with Crippen molar-refractivity contribution in [2.75, 3.05) is 19.2 Å². The summed E-state index contributed by atoms with van der Waals surface area (Å²) in [5.41, 5.74) is 6.93. The second-order valence-corrected chi connectivity index (χ2v) is 12.8.